The maximum Gasteiger partial charge on any atom is 2.00 e. The third-order valence-electron chi connectivity index (χ3n) is 0. The molecule has 0 bridgehead atoms. The third kappa shape index (κ3) is 14.3. The molecule has 0 rings (SSSR count). The van der Waals surface area contributed by atoms with Crippen molar-refractivity contribution in [3.8, 4) is 0 Å². The number of rotatable bonds is 0. The normalized spacial score (nSPS) is 3.25. The molecule has 0 aliphatic rings. The van der Waals surface area contributed by atoms with Crippen LogP contribution in [0.3, 0.4) is 0 Å². The Morgan fingerprint density at radius 1 is 1.75 bits per heavy atom. The van der Waals surface area contributed by atoms with E-state index in [9.17, 15) is 0 Å². The minimum Gasteiger partial charge on any atom is -0.103 e. The molecule has 1 heteroatoms. The molecule has 0 aromatic heterocycles. The molecular formula is C3H6U+2. The Balaban J connectivity index is 0. The van der Waals surface area contributed by atoms with Crippen molar-refractivity contribution in [2.75, 3.05) is 0 Å². The van der Waals surface area contributed by atoms with Gasteiger partial charge in [-0.15, -0.1) is 6.58 Å². The van der Waals surface area contributed by atoms with Gasteiger partial charge in [0.1, 0.15) is 0 Å². The second-order valence-electron chi connectivity index (χ2n) is 0.408. The van der Waals surface area contributed by atoms with Crippen molar-refractivity contribution < 1.29 is 31.1 Å². The summed E-state index contributed by atoms with van der Waals surface area (Å²) in [5.41, 5.74) is 0. The Bertz CT molecular complexity index is 10.8. The van der Waals surface area contributed by atoms with Gasteiger partial charge in [-0.1, -0.05) is 6.08 Å². The Hall–Kier alpha value is 0.792. The van der Waals surface area contributed by atoms with Crippen LogP contribution in [0, 0.1) is 31.1 Å². The van der Waals surface area contributed by atoms with Crippen LogP contribution in [0.15, 0.2) is 12.7 Å². The van der Waals surface area contributed by atoms with Crippen molar-refractivity contribution >= 4 is 0 Å². The number of hydrogen-bond acceptors (Lipinski definition) is 0. The maximum absolute atomic E-state index is 3.36. The Labute approximate surface area is 50.7 Å². The first-order valence-corrected chi connectivity index (χ1v) is 0.986. The molecule has 0 amide bonds. The van der Waals surface area contributed by atoms with E-state index in [4.69, 9.17) is 0 Å². The molecule has 0 aliphatic heterocycles. The summed E-state index contributed by atoms with van der Waals surface area (Å²) >= 11 is 0. The quantitative estimate of drug-likeness (QED) is 0.585. The van der Waals surface area contributed by atoms with Crippen LogP contribution in [0.5, 0.6) is 0 Å². The third-order valence-corrected chi connectivity index (χ3v) is 0. The fourth-order valence-corrected chi connectivity index (χ4v) is 0. The van der Waals surface area contributed by atoms with Crippen LogP contribution in [0.4, 0.5) is 0 Å². The van der Waals surface area contributed by atoms with Crippen molar-refractivity contribution in [1.82, 2.24) is 0 Å². The molecule has 4 heavy (non-hydrogen) atoms. The summed E-state index contributed by atoms with van der Waals surface area (Å²) in [6, 6.07) is 0. The van der Waals surface area contributed by atoms with Crippen molar-refractivity contribution in [3.63, 3.8) is 0 Å². The molecule has 0 aromatic rings. The Kier molecular flexibility index (Phi) is 20.3. The smallest absolute Gasteiger partial charge is 0.103 e. The molecule has 0 heterocycles. The molecule has 0 unspecified atom stereocenters. The van der Waals surface area contributed by atoms with E-state index >= 15 is 0 Å². The van der Waals surface area contributed by atoms with Gasteiger partial charge in [0, 0.05) is 0 Å². The van der Waals surface area contributed by atoms with Gasteiger partial charge >= 0.3 is 31.1 Å². The molecule has 0 aromatic carbocycles. The van der Waals surface area contributed by atoms with E-state index in [0.29, 0.717) is 0 Å². The van der Waals surface area contributed by atoms with Gasteiger partial charge in [0.05, 0.1) is 0 Å². The molecule has 20 valence electrons. The van der Waals surface area contributed by atoms with Gasteiger partial charge < -0.3 is 0 Å². The first-order valence-electron chi connectivity index (χ1n) is 0.986. The van der Waals surface area contributed by atoms with Gasteiger partial charge in [-0.2, -0.15) is 0 Å². The topological polar surface area (TPSA) is 0 Å². The summed E-state index contributed by atoms with van der Waals surface area (Å²) in [7, 11) is 0. The molecular weight excluding hydrogens is 274 g/mol. The Morgan fingerprint density at radius 2 is 1.75 bits per heavy atom. The van der Waals surface area contributed by atoms with Gasteiger partial charge in [0.25, 0.3) is 0 Å². The maximum atomic E-state index is 3.36. The van der Waals surface area contributed by atoms with E-state index < -0.39 is 0 Å². The molecule has 0 aliphatic carbocycles. The van der Waals surface area contributed by atoms with E-state index in [1.54, 1.807) is 6.08 Å². The number of allylic oxidation sites excluding steroid dienone is 1. The molecule has 0 saturated carbocycles. The molecule has 0 radical (unpaired) electrons. The average Bonchev–Trinajstić information content (AvgIpc) is 0.918. The van der Waals surface area contributed by atoms with Crippen molar-refractivity contribution in [2.45, 2.75) is 6.92 Å². The van der Waals surface area contributed by atoms with E-state index in [1.165, 1.54) is 0 Å². The van der Waals surface area contributed by atoms with Gasteiger partial charge in [0.15, 0.2) is 0 Å². The van der Waals surface area contributed by atoms with Crippen LogP contribution >= 0.6 is 0 Å². The van der Waals surface area contributed by atoms with Crippen molar-refractivity contribution in [3.05, 3.63) is 12.7 Å². The van der Waals surface area contributed by atoms with Crippen LogP contribution in [-0.4, -0.2) is 0 Å². The summed E-state index contributed by atoms with van der Waals surface area (Å²) in [4.78, 5) is 0. The summed E-state index contributed by atoms with van der Waals surface area (Å²) in [5, 5.41) is 0. The second-order valence-corrected chi connectivity index (χ2v) is 0.408. The molecule has 0 fully saturated rings. The Morgan fingerprint density at radius 3 is 1.75 bits per heavy atom. The SMILES string of the molecule is C=CC.[U+2]. The van der Waals surface area contributed by atoms with Crippen molar-refractivity contribution in [2.24, 2.45) is 0 Å². The standard InChI is InChI=1S/C3H6.U/c1-3-2;/h3H,1H2,2H3;/q;+2. The van der Waals surface area contributed by atoms with E-state index in [2.05, 4.69) is 6.58 Å². The largest absolute Gasteiger partial charge is 2.00 e. The zero-order chi connectivity index (χ0) is 2.71. The van der Waals surface area contributed by atoms with Gasteiger partial charge in [-0.3, -0.25) is 0 Å². The van der Waals surface area contributed by atoms with Crippen molar-refractivity contribution in [1.29, 1.82) is 0 Å². The molecule has 0 N–H and O–H groups in total. The van der Waals surface area contributed by atoms with Crippen LogP contribution in [0.1, 0.15) is 6.92 Å². The molecule has 0 saturated heterocycles. The zero-order valence-corrected chi connectivity index (χ0v) is 6.95. The number of hydrogen-bond donors (Lipinski definition) is 0. The van der Waals surface area contributed by atoms with Crippen LogP contribution in [0.2, 0.25) is 0 Å². The first-order chi connectivity index (χ1) is 1.41. The fraction of sp³-hybridized carbons (Fsp3) is 0.333. The van der Waals surface area contributed by atoms with Gasteiger partial charge in [-0.25, -0.2) is 0 Å². The molecule has 0 nitrogen and oxygen atoms in total. The first kappa shape index (κ1) is 8.84. The van der Waals surface area contributed by atoms with Gasteiger partial charge in [-0.05, 0) is 6.92 Å². The predicted molar refractivity (Wildman–Crippen MR) is 15.9 cm³/mol. The summed E-state index contributed by atoms with van der Waals surface area (Å²) in [6.45, 7) is 5.25. The van der Waals surface area contributed by atoms with Crippen LogP contribution in [0.25, 0.3) is 0 Å². The minimum atomic E-state index is 0. The summed E-state index contributed by atoms with van der Waals surface area (Å²) in [6.07, 6.45) is 1.75. The van der Waals surface area contributed by atoms with Crippen LogP contribution in [-0.2, 0) is 0 Å². The summed E-state index contributed by atoms with van der Waals surface area (Å²) in [5.74, 6) is 0. The zero-order valence-electron chi connectivity index (χ0n) is 2.78. The van der Waals surface area contributed by atoms with Crippen LogP contribution < -0.4 is 0 Å². The van der Waals surface area contributed by atoms with E-state index in [0.717, 1.165) is 0 Å². The second kappa shape index (κ2) is 9.21. The summed E-state index contributed by atoms with van der Waals surface area (Å²) < 4.78 is 0. The molecule has 0 spiro atoms. The van der Waals surface area contributed by atoms with E-state index in [1.807, 2.05) is 6.92 Å². The van der Waals surface area contributed by atoms with Gasteiger partial charge in [0.2, 0.25) is 0 Å². The fourth-order valence-electron chi connectivity index (χ4n) is 0. The minimum absolute atomic E-state index is 0. The monoisotopic (exact) mass is 280 g/mol. The van der Waals surface area contributed by atoms with E-state index in [-0.39, 0.29) is 31.1 Å². The predicted octanol–water partition coefficient (Wildman–Crippen LogP) is 1.19. The average molecular weight is 280 g/mol. The molecule has 0 atom stereocenters.